The van der Waals surface area contributed by atoms with E-state index in [1.54, 1.807) is 30.2 Å². The van der Waals surface area contributed by atoms with Crippen molar-refractivity contribution in [1.82, 2.24) is 23.6 Å². The number of aromatic nitrogens is 4. The molecule has 1 saturated heterocycles. The van der Waals surface area contributed by atoms with Crippen molar-refractivity contribution in [3.63, 3.8) is 0 Å². The fourth-order valence-corrected chi connectivity index (χ4v) is 5.94. The third-order valence-corrected chi connectivity index (χ3v) is 8.28. The smallest absolute Gasteiger partial charge is 0.331 e. The third-order valence-electron chi connectivity index (χ3n) is 6.65. The van der Waals surface area contributed by atoms with Crippen LogP contribution in [0.4, 0.5) is 0 Å². The van der Waals surface area contributed by atoms with E-state index < -0.39 is 26.8 Å². The fourth-order valence-electron chi connectivity index (χ4n) is 4.45. The summed E-state index contributed by atoms with van der Waals surface area (Å²) in [6, 6.07) is 4.39. The van der Waals surface area contributed by atoms with Gasteiger partial charge in [-0.05, 0) is 57.2 Å². The zero-order valence-electron chi connectivity index (χ0n) is 19.4. The summed E-state index contributed by atoms with van der Waals surface area (Å²) in [5, 5.41) is 4.31. The van der Waals surface area contributed by atoms with E-state index in [2.05, 4.69) is 9.82 Å². The van der Waals surface area contributed by atoms with Crippen LogP contribution >= 0.6 is 0 Å². The maximum Gasteiger partial charge on any atom is 0.331 e. The topological polar surface area (TPSA) is 117 Å². The molecular formula is C23H29N5O5S. The van der Waals surface area contributed by atoms with Crippen LogP contribution in [0.25, 0.3) is 10.9 Å². The van der Waals surface area contributed by atoms with Crippen LogP contribution in [-0.2, 0) is 34.9 Å². The molecule has 1 atom stereocenters. The Bertz CT molecular complexity index is 1460. The van der Waals surface area contributed by atoms with E-state index in [9.17, 15) is 18.0 Å². The number of rotatable bonds is 7. The molecule has 0 radical (unpaired) electrons. The molecule has 3 aromatic rings. The molecular weight excluding hydrogens is 458 g/mol. The SMILES string of the molecule is Cn1cc(Cn2c(=O)c3cc(S(=O)(=O)NC4(C)CC4)ccc3n(CC3CCCCO3)c2=O)cn1. The summed E-state index contributed by atoms with van der Waals surface area (Å²) in [6.07, 6.45) is 7.58. The van der Waals surface area contributed by atoms with Crippen molar-refractivity contribution in [2.24, 2.45) is 7.05 Å². The Hall–Kier alpha value is -2.76. The second-order valence-corrected chi connectivity index (χ2v) is 11.3. The summed E-state index contributed by atoms with van der Waals surface area (Å²) < 4.78 is 38.8. The molecule has 182 valence electrons. The van der Waals surface area contributed by atoms with Gasteiger partial charge in [0.15, 0.2) is 0 Å². The molecule has 11 heteroatoms. The average molecular weight is 488 g/mol. The van der Waals surface area contributed by atoms with E-state index in [0.29, 0.717) is 24.2 Å². The minimum Gasteiger partial charge on any atom is -0.376 e. The molecule has 2 aliphatic rings. The Balaban J connectivity index is 1.65. The van der Waals surface area contributed by atoms with E-state index in [-0.39, 0.29) is 22.9 Å². The van der Waals surface area contributed by atoms with Crippen LogP contribution in [0.3, 0.4) is 0 Å². The molecule has 1 aliphatic heterocycles. The number of hydrogen-bond donors (Lipinski definition) is 1. The predicted molar refractivity (Wildman–Crippen MR) is 126 cm³/mol. The van der Waals surface area contributed by atoms with Crippen LogP contribution in [-0.4, -0.2) is 45.6 Å². The monoisotopic (exact) mass is 487 g/mol. The van der Waals surface area contributed by atoms with Crippen LogP contribution in [0.2, 0.25) is 0 Å². The van der Waals surface area contributed by atoms with Gasteiger partial charge in [-0.3, -0.25) is 18.6 Å². The van der Waals surface area contributed by atoms with Crippen molar-refractivity contribution >= 4 is 20.9 Å². The summed E-state index contributed by atoms with van der Waals surface area (Å²) >= 11 is 0. The lowest BCUT2D eigenvalue weighted by atomic mass is 10.1. The zero-order valence-corrected chi connectivity index (χ0v) is 20.2. The zero-order chi connectivity index (χ0) is 24.1. The van der Waals surface area contributed by atoms with E-state index in [1.807, 2.05) is 6.92 Å². The molecule has 1 unspecified atom stereocenters. The summed E-state index contributed by atoms with van der Waals surface area (Å²) in [4.78, 5) is 26.9. The van der Waals surface area contributed by atoms with Crippen molar-refractivity contribution in [3.8, 4) is 0 Å². The molecule has 1 N–H and O–H groups in total. The molecule has 10 nitrogen and oxygen atoms in total. The second-order valence-electron chi connectivity index (χ2n) is 9.64. The third kappa shape index (κ3) is 4.47. The van der Waals surface area contributed by atoms with Crippen LogP contribution in [0.5, 0.6) is 0 Å². The summed E-state index contributed by atoms with van der Waals surface area (Å²) in [5.41, 5.74) is -0.309. The van der Waals surface area contributed by atoms with Crippen LogP contribution in [0, 0.1) is 0 Å². The average Bonchev–Trinajstić information content (AvgIpc) is 3.37. The lowest BCUT2D eigenvalue weighted by molar-refractivity contribution is 0.00576. The molecule has 0 spiro atoms. The number of ether oxygens (including phenoxy) is 1. The lowest BCUT2D eigenvalue weighted by Gasteiger charge is -2.24. The Labute approximate surface area is 197 Å². The first-order valence-electron chi connectivity index (χ1n) is 11.6. The highest BCUT2D eigenvalue weighted by molar-refractivity contribution is 7.89. The Morgan fingerprint density at radius 1 is 1.21 bits per heavy atom. The van der Waals surface area contributed by atoms with Gasteiger partial charge in [-0.15, -0.1) is 0 Å². The van der Waals surface area contributed by atoms with Crippen molar-refractivity contribution in [2.45, 2.75) is 68.7 Å². The maximum atomic E-state index is 13.5. The molecule has 2 aromatic heterocycles. The van der Waals surface area contributed by atoms with Crippen molar-refractivity contribution in [2.75, 3.05) is 6.61 Å². The van der Waals surface area contributed by atoms with Crippen LogP contribution in [0.1, 0.15) is 44.6 Å². The van der Waals surface area contributed by atoms with Gasteiger partial charge in [0.25, 0.3) is 5.56 Å². The van der Waals surface area contributed by atoms with Crippen LogP contribution < -0.4 is 16.0 Å². The molecule has 2 fully saturated rings. The Kier molecular flexibility index (Phi) is 5.73. The van der Waals surface area contributed by atoms with E-state index in [1.165, 1.54) is 16.7 Å². The van der Waals surface area contributed by atoms with Gasteiger partial charge in [-0.2, -0.15) is 5.10 Å². The van der Waals surface area contributed by atoms with E-state index in [4.69, 9.17) is 4.74 Å². The highest BCUT2D eigenvalue weighted by Crippen LogP contribution is 2.36. The summed E-state index contributed by atoms with van der Waals surface area (Å²) in [5.74, 6) is 0. The first-order valence-corrected chi connectivity index (χ1v) is 13.0. The molecule has 1 aromatic carbocycles. The number of hydrogen-bond acceptors (Lipinski definition) is 6. The van der Waals surface area contributed by atoms with Crippen molar-refractivity contribution in [1.29, 1.82) is 0 Å². The van der Waals surface area contributed by atoms with Gasteiger partial charge in [0, 0.05) is 31.0 Å². The van der Waals surface area contributed by atoms with Gasteiger partial charge in [-0.1, -0.05) is 0 Å². The number of fused-ring (bicyclic) bond motifs is 1. The number of nitrogens with one attached hydrogen (secondary N) is 1. The molecule has 3 heterocycles. The van der Waals surface area contributed by atoms with Gasteiger partial charge < -0.3 is 4.74 Å². The molecule has 34 heavy (non-hydrogen) atoms. The Morgan fingerprint density at radius 2 is 2.00 bits per heavy atom. The van der Waals surface area contributed by atoms with E-state index in [0.717, 1.165) is 36.7 Å². The molecule has 0 bridgehead atoms. The number of aryl methyl sites for hydroxylation is 1. The van der Waals surface area contributed by atoms with Gasteiger partial charge in [0.05, 0.1) is 41.2 Å². The first-order chi connectivity index (χ1) is 16.2. The normalized spacial score (nSPS) is 20.0. The fraction of sp³-hybridized carbons (Fsp3) is 0.522. The molecule has 1 aliphatic carbocycles. The highest BCUT2D eigenvalue weighted by atomic mass is 32.2. The van der Waals surface area contributed by atoms with E-state index >= 15 is 0 Å². The standard InChI is InChI=1S/C23H29N5O5S/c1-23(8-9-23)25-34(31,32)18-6-7-20-19(11-18)21(29)28(14-16-12-24-26(2)13-16)22(30)27(20)15-17-5-3-4-10-33-17/h6-7,11-13,17,25H,3-5,8-10,14-15H2,1-2H3. The quantitative estimate of drug-likeness (QED) is 0.538. The molecule has 0 amide bonds. The molecule has 1 saturated carbocycles. The minimum atomic E-state index is -3.81. The number of nitrogens with zero attached hydrogens (tertiary/aromatic N) is 4. The predicted octanol–water partition coefficient (Wildman–Crippen LogP) is 1.34. The number of sulfonamides is 1. The van der Waals surface area contributed by atoms with Gasteiger partial charge in [0.2, 0.25) is 10.0 Å². The minimum absolute atomic E-state index is 0.0114. The van der Waals surface area contributed by atoms with Crippen molar-refractivity contribution < 1.29 is 13.2 Å². The van der Waals surface area contributed by atoms with Crippen LogP contribution in [0.15, 0.2) is 45.1 Å². The van der Waals surface area contributed by atoms with Gasteiger partial charge in [-0.25, -0.2) is 17.9 Å². The lowest BCUT2D eigenvalue weighted by Crippen LogP contribution is -2.42. The molecule has 5 rings (SSSR count). The Morgan fingerprint density at radius 3 is 2.65 bits per heavy atom. The first kappa shape index (κ1) is 23.0. The number of benzene rings is 1. The maximum absolute atomic E-state index is 13.5. The second kappa shape index (κ2) is 8.47. The summed E-state index contributed by atoms with van der Waals surface area (Å²) in [7, 11) is -2.05. The largest absolute Gasteiger partial charge is 0.376 e. The van der Waals surface area contributed by atoms with Gasteiger partial charge in [0.1, 0.15) is 0 Å². The summed E-state index contributed by atoms with van der Waals surface area (Å²) in [6.45, 7) is 2.83. The van der Waals surface area contributed by atoms with Gasteiger partial charge >= 0.3 is 5.69 Å². The highest BCUT2D eigenvalue weighted by Gasteiger charge is 2.41. The van der Waals surface area contributed by atoms with Crippen molar-refractivity contribution in [3.05, 3.63) is 57.0 Å².